The molecule has 0 fully saturated rings. The molecule has 17 heavy (non-hydrogen) atoms. The quantitative estimate of drug-likeness (QED) is 0.662. The van der Waals surface area contributed by atoms with Crippen LogP contribution in [0.15, 0.2) is 36.2 Å². The fraction of sp³-hybridized carbons (Fsp3) is 0.250. The Balaban J connectivity index is 2.87. The number of hydrogen-bond acceptors (Lipinski definition) is 4. The normalized spacial score (nSPS) is 10.9. The number of rotatable bonds is 4. The van der Waals surface area contributed by atoms with Gasteiger partial charge in [-0.25, -0.2) is 4.79 Å². The summed E-state index contributed by atoms with van der Waals surface area (Å²) in [5, 5.41) is 3.62. The van der Waals surface area contributed by atoms with Crippen LogP contribution < -0.4 is 5.32 Å². The third-order valence-corrected chi connectivity index (χ3v) is 2.17. The van der Waals surface area contributed by atoms with E-state index in [1.54, 1.807) is 35.4 Å². The lowest BCUT2D eigenvalue weighted by molar-refractivity contribution is -0.136. The average molecular weight is 255 g/mol. The predicted octanol–water partition coefficient (Wildman–Crippen LogP) is 2.33. The van der Waals surface area contributed by atoms with Crippen molar-refractivity contribution in [2.24, 2.45) is 0 Å². The fourth-order valence-electron chi connectivity index (χ4n) is 1.19. The van der Waals surface area contributed by atoms with Gasteiger partial charge < -0.3 is 15.0 Å². The van der Waals surface area contributed by atoms with E-state index in [0.717, 1.165) is 5.69 Å². The highest BCUT2D eigenvalue weighted by Crippen LogP contribution is 2.15. The molecule has 0 amide bonds. The van der Waals surface area contributed by atoms with E-state index < -0.39 is 5.97 Å². The minimum absolute atomic E-state index is 0.361. The van der Waals surface area contributed by atoms with Gasteiger partial charge in [0, 0.05) is 31.0 Å². The molecule has 0 aliphatic carbocycles. The molecule has 1 aromatic rings. The number of halogens is 1. The van der Waals surface area contributed by atoms with Crippen molar-refractivity contribution in [3.05, 3.63) is 41.2 Å². The molecule has 0 radical (unpaired) electrons. The first-order valence-electron chi connectivity index (χ1n) is 5.02. The number of hydrogen-bond donors (Lipinski definition) is 1. The van der Waals surface area contributed by atoms with Gasteiger partial charge in [0.2, 0.25) is 0 Å². The molecule has 0 unspecified atom stereocenters. The van der Waals surface area contributed by atoms with Crippen LogP contribution in [0.2, 0.25) is 5.02 Å². The summed E-state index contributed by atoms with van der Waals surface area (Å²) in [6, 6.07) is 7.06. The van der Waals surface area contributed by atoms with Crippen molar-refractivity contribution in [2.45, 2.75) is 0 Å². The molecule has 1 rings (SSSR count). The summed E-state index contributed by atoms with van der Waals surface area (Å²) >= 11 is 5.78. The highest BCUT2D eigenvalue weighted by Gasteiger charge is 2.10. The maximum atomic E-state index is 11.5. The van der Waals surface area contributed by atoms with E-state index in [0.29, 0.717) is 10.7 Å². The van der Waals surface area contributed by atoms with E-state index in [-0.39, 0.29) is 0 Å². The van der Waals surface area contributed by atoms with Gasteiger partial charge in [0.25, 0.3) is 0 Å². The third-order valence-electron chi connectivity index (χ3n) is 1.92. The van der Waals surface area contributed by atoms with Crippen LogP contribution in [0.4, 0.5) is 5.69 Å². The van der Waals surface area contributed by atoms with Crippen molar-refractivity contribution in [2.75, 3.05) is 26.5 Å². The van der Waals surface area contributed by atoms with E-state index in [1.807, 2.05) is 14.1 Å². The molecular formula is C12H15ClN2O2. The van der Waals surface area contributed by atoms with Crippen molar-refractivity contribution in [1.82, 2.24) is 4.90 Å². The second-order valence-electron chi connectivity index (χ2n) is 3.63. The van der Waals surface area contributed by atoms with E-state index in [4.69, 9.17) is 11.6 Å². The first-order valence-corrected chi connectivity index (χ1v) is 5.40. The Kier molecular flexibility index (Phi) is 4.84. The SMILES string of the molecule is COC(=O)/C(=C/N(C)C)Nc1ccc(Cl)cc1. The maximum absolute atomic E-state index is 11.5. The first kappa shape index (κ1) is 13.4. The molecule has 0 heterocycles. The average Bonchev–Trinajstić information content (AvgIpc) is 2.29. The summed E-state index contributed by atoms with van der Waals surface area (Å²) in [4.78, 5) is 13.3. The number of ether oxygens (including phenoxy) is 1. The van der Waals surface area contributed by atoms with Gasteiger partial charge in [-0.05, 0) is 24.3 Å². The van der Waals surface area contributed by atoms with Crippen LogP contribution in [0.1, 0.15) is 0 Å². The van der Waals surface area contributed by atoms with Gasteiger partial charge in [0.15, 0.2) is 0 Å². The van der Waals surface area contributed by atoms with Gasteiger partial charge >= 0.3 is 5.97 Å². The number of carbonyl (C=O) groups excluding carboxylic acids is 1. The standard InChI is InChI=1S/C12H15ClN2O2/c1-15(2)8-11(12(16)17-3)14-10-6-4-9(13)5-7-10/h4-8,14H,1-3H3/b11-8-. The van der Waals surface area contributed by atoms with Crippen molar-refractivity contribution < 1.29 is 9.53 Å². The number of anilines is 1. The van der Waals surface area contributed by atoms with Crippen LogP contribution in [-0.4, -0.2) is 32.1 Å². The topological polar surface area (TPSA) is 41.6 Å². The summed E-state index contributed by atoms with van der Waals surface area (Å²) in [6.07, 6.45) is 1.65. The monoisotopic (exact) mass is 254 g/mol. The largest absolute Gasteiger partial charge is 0.464 e. The highest BCUT2D eigenvalue weighted by atomic mass is 35.5. The molecule has 0 bridgehead atoms. The molecule has 92 valence electrons. The predicted molar refractivity (Wildman–Crippen MR) is 68.9 cm³/mol. The Labute approximate surface area is 106 Å². The van der Waals surface area contributed by atoms with Crippen molar-refractivity contribution in [3.8, 4) is 0 Å². The van der Waals surface area contributed by atoms with E-state index >= 15 is 0 Å². The number of methoxy groups -OCH3 is 1. The summed E-state index contributed by atoms with van der Waals surface area (Å²) in [5.41, 5.74) is 1.13. The third kappa shape index (κ3) is 4.36. The number of esters is 1. The van der Waals surface area contributed by atoms with Crippen LogP contribution >= 0.6 is 11.6 Å². The molecule has 0 saturated carbocycles. The summed E-state index contributed by atoms with van der Waals surface area (Å²) in [7, 11) is 4.99. The summed E-state index contributed by atoms with van der Waals surface area (Å²) in [5.74, 6) is -0.423. The van der Waals surface area contributed by atoms with E-state index in [9.17, 15) is 4.79 Å². The van der Waals surface area contributed by atoms with Crippen LogP contribution in [0, 0.1) is 0 Å². The molecular weight excluding hydrogens is 240 g/mol. The lowest BCUT2D eigenvalue weighted by atomic mass is 10.3. The molecule has 1 N–H and O–H groups in total. The van der Waals surface area contributed by atoms with Crippen molar-refractivity contribution in [3.63, 3.8) is 0 Å². The Morgan fingerprint density at radius 1 is 1.35 bits per heavy atom. The van der Waals surface area contributed by atoms with Crippen LogP contribution in [0.25, 0.3) is 0 Å². The van der Waals surface area contributed by atoms with Gasteiger partial charge in [-0.3, -0.25) is 0 Å². The highest BCUT2D eigenvalue weighted by molar-refractivity contribution is 6.30. The Morgan fingerprint density at radius 3 is 2.41 bits per heavy atom. The lowest BCUT2D eigenvalue weighted by Crippen LogP contribution is -2.17. The maximum Gasteiger partial charge on any atom is 0.355 e. The minimum Gasteiger partial charge on any atom is -0.464 e. The smallest absolute Gasteiger partial charge is 0.355 e. The van der Waals surface area contributed by atoms with Crippen LogP contribution in [-0.2, 0) is 9.53 Å². The first-order chi connectivity index (χ1) is 8.02. The van der Waals surface area contributed by atoms with Crippen LogP contribution in [0.5, 0.6) is 0 Å². The van der Waals surface area contributed by atoms with Gasteiger partial charge in [0.05, 0.1) is 7.11 Å². The van der Waals surface area contributed by atoms with Gasteiger partial charge in [0.1, 0.15) is 5.70 Å². The summed E-state index contributed by atoms with van der Waals surface area (Å²) < 4.78 is 4.69. The zero-order valence-corrected chi connectivity index (χ0v) is 10.8. The molecule has 0 aliphatic rings. The molecule has 0 spiro atoms. The molecule has 5 heteroatoms. The molecule has 0 aromatic heterocycles. The van der Waals surface area contributed by atoms with Gasteiger partial charge in [-0.15, -0.1) is 0 Å². The second-order valence-corrected chi connectivity index (χ2v) is 4.07. The Hall–Kier alpha value is -1.68. The second kappa shape index (κ2) is 6.15. The van der Waals surface area contributed by atoms with Crippen molar-refractivity contribution in [1.29, 1.82) is 0 Å². The van der Waals surface area contributed by atoms with E-state index in [2.05, 4.69) is 10.1 Å². The number of benzene rings is 1. The molecule has 0 saturated heterocycles. The molecule has 0 aliphatic heterocycles. The van der Waals surface area contributed by atoms with Gasteiger partial charge in [-0.1, -0.05) is 11.6 Å². The zero-order valence-electron chi connectivity index (χ0n) is 10.0. The minimum atomic E-state index is -0.423. The molecule has 4 nitrogen and oxygen atoms in total. The Morgan fingerprint density at radius 2 is 1.94 bits per heavy atom. The van der Waals surface area contributed by atoms with Crippen molar-refractivity contribution >= 4 is 23.3 Å². The lowest BCUT2D eigenvalue weighted by Gasteiger charge is -2.12. The fourth-order valence-corrected chi connectivity index (χ4v) is 1.32. The van der Waals surface area contributed by atoms with Crippen LogP contribution in [0.3, 0.4) is 0 Å². The number of carbonyl (C=O) groups is 1. The summed E-state index contributed by atoms with van der Waals surface area (Å²) in [6.45, 7) is 0. The molecule has 0 atom stereocenters. The zero-order chi connectivity index (χ0) is 12.8. The number of nitrogens with one attached hydrogen (secondary N) is 1. The molecule has 1 aromatic carbocycles. The van der Waals surface area contributed by atoms with E-state index in [1.165, 1.54) is 7.11 Å². The van der Waals surface area contributed by atoms with Gasteiger partial charge in [-0.2, -0.15) is 0 Å². The number of nitrogens with zero attached hydrogens (tertiary/aromatic N) is 1. The Bertz CT molecular complexity index is 413.